The third-order valence-electron chi connectivity index (χ3n) is 2.71. The first-order valence-electron chi connectivity index (χ1n) is 6.17. The maximum Gasteiger partial charge on any atom is 0.209 e. The molecule has 0 aliphatic heterocycles. The Kier molecular flexibility index (Phi) is 4.70. The normalized spacial score (nSPS) is 10.5. The van der Waals surface area contributed by atoms with Crippen LogP contribution in [-0.2, 0) is 0 Å². The van der Waals surface area contributed by atoms with Crippen molar-refractivity contribution in [1.82, 2.24) is 9.36 Å². The number of para-hydroxylation sites is 2. The van der Waals surface area contributed by atoms with E-state index in [1.54, 1.807) is 7.11 Å². The van der Waals surface area contributed by atoms with Gasteiger partial charge in [0.05, 0.1) is 12.8 Å². The summed E-state index contributed by atoms with van der Waals surface area (Å²) in [6.45, 7) is 3.33. The van der Waals surface area contributed by atoms with Gasteiger partial charge in [-0.2, -0.15) is 4.37 Å². The standard InChI is InChI=1S/C13H18N4OS/c1-10-15-13(19-16-10)17(9-5-8-14)11-6-3-4-7-12(11)18-2/h3-4,6-7H,5,8-9,14H2,1-2H3. The van der Waals surface area contributed by atoms with Gasteiger partial charge in [0.25, 0.3) is 0 Å². The lowest BCUT2D eigenvalue weighted by Gasteiger charge is -2.23. The second-order valence-corrected chi connectivity index (χ2v) is 4.82. The van der Waals surface area contributed by atoms with E-state index in [2.05, 4.69) is 14.3 Å². The van der Waals surface area contributed by atoms with Crippen LogP contribution >= 0.6 is 11.5 Å². The van der Waals surface area contributed by atoms with Gasteiger partial charge in [0.2, 0.25) is 5.13 Å². The zero-order valence-electron chi connectivity index (χ0n) is 11.2. The highest BCUT2D eigenvalue weighted by Crippen LogP contribution is 2.34. The smallest absolute Gasteiger partial charge is 0.209 e. The van der Waals surface area contributed by atoms with E-state index in [4.69, 9.17) is 10.5 Å². The van der Waals surface area contributed by atoms with Gasteiger partial charge in [-0.1, -0.05) is 12.1 Å². The fourth-order valence-electron chi connectivity index (χ4n) is 1.82. The van der Waals surface area contributed by atoms with Crippen molar-refractivity contribution in [1.29, 1.82) is 0 Å². The second-order valence-electron chi connectivity index (χ2n) is 4.09. The molecule has 0 aliphatic rings. The number of benzene rings is 1. The number of methoxy groups -OCH3 is 1. The Morgan fingerprint density at radius 2 is 2.16 bits per heavy atom. The highest BCUT2D eigenvalue weighted by Gasteiger charge is 2.16. The van der Waals surface area contributed by atoms with Crippen LogP contribution in [0.5, 0.6) is 5.75 Å². The molecular formula is C13H18N4OS. The van der Waals surface area contributed by atoms with E-state index in [0.717, 1.165) is 35.4 Å². The predicted molar refractivity (Wildman–Crippen MR) is 78.3 cm³/mol. The van der Waals surface area contributed by atoms with Crippen LogP contribution in [0.15, 0.2) is 24.3 Å². The molecule has 6 heteroatoms. The van der Waals surface area contributed by atoms with Crippen LogP contribution < -0.4 is 15.4 Å². The summed E-state index contributed by atoms with van der Waals surface area (Å²) in [6, 6.07) is 7.90. The van der Waals surface area contributed by atoms with E-state index in [9.17, 15) is 0 Å². The van der Waals surface area contributed by atoms with Crippen LogP contribution in [0.1, 0.15) is 12.2 Å². The van der Waals surface area contributed by atoms with Crippen molar-refractivity contribution in [2.45, 2.75) is 13.3 Å². The van der Waals surface area contributed by atoms with Crippen molar-refractivity contribution >= 4 is 22.4 Å². The number of hydrogen-bond acceptors (Lipinski definition) is 6. The lowest BCUT2D eigenvalue weighted by Crippen LogP contribution is -2.21. The molecule has 0 unspecified atom stereocenters. The summed E-state index contributed by atoms with van der Waals surface area (Å²) < 4.78 is 9.66. The Morgan fingerprint density at radius 3 is 2.79 bits per heavy atom. The van der Waals surface area contributed by atoms with Crippen molar-refractivity contribution in [2.75, 3.05) is 25.1 Å². The van der Waals surface area contributed by atoms with Crippen molar-refractivity contribution in [2.24, 2.45) is 5.73 Å². The molecule has 102 valence electrons. The minimum atomic E-state index is 0.642. The minimum absolute atomic E-state index is 0.642. The molecule has 19 heavy (non-hydrogen) atoms. The van der Waals surface area contributed by atoms with Crippen LogP contribution in [0.4, 0.5) is 10.8 Å². The minimum Gasteiger partial charge on any atom is -0.495 e. The van der Waals surface area contributed by atoms with E-state index >= 15 is 0 Å². The zero-order chi connectivity index (χ0) is 13.7. The molecule has 1 heterocycles. The molecule has 0 spiro atoms. The first kappa shape index (κ1) is 13.8. The lowest BCUT2D eigenvalue weighted by molar-refractivity contribution is 0.415. The summed E-state index contributed by atoms with van der Waals surface area (Å²) in [6.07, 6.45) is 0.886. The van der Waals surface area contributed by atoms with Crippen molar-refractivity contribution in [3.8, 4) is 5.75 Å². The zero-order valence-corrected chi connectivity index (χ0v) is 12.0. The number of aromatic nitrogens is 2. The number of nitrogens with two attached hydrogens (primary N) is 1. The molecule has 0 saturated carbocycles. The van der Waals surface area contributed by atoms with Crippen LogP contribution in [0.2, 0.25) is 0 Å². The van der Waals surface area contributed by atoms with E-state index in [-0.39, 0.29) is 0 Å². The summed E-state index contributed by atoms with van der Waals surface area (Å²) >= 11 is 1.39. The maximum atomic E-state index is 5.62. The topological polar surface area (TPSA) is 64.3 Å². The summed E-state index contributed by atoms with van der Waals surface area (Å²) in [7, 11) is 1.67. The Morgan fingerprint density at radius 1 is 1.37 bits per heavy atom. The molecule has 1 aromatic heterocycles. The van der Waals surface area contributed by atoms with Gasteiger partial charge in [0, 0.05) is 18.1 Å². The average Bonchev–Trinajstić information content (AvgIpc) is 2.86. The summed E-state index contributed by atoms with van der Waals surface area (Å²) in [5, 5.41) is 0.871. The van der Waals surface area contributed by atoms with E-state index < -0.39 is 0 Å². The molecule has 2 aromatic rings. The molecule has 2 N–H and O–H groups in total. The predicted octanol–water partition coefficient (Wildman–Crippen LogP) is 2.34. The highest BCUT2D eigenvalue weighted by molar-refractivity contribution is 7.09. The van der Waals surface area contributed by atoms with Crippen LogP contribution in [0.3, 0.4) is 0 Å². The van der Waals surface area contributed by atoms with Crippen molar-refractivity contribution in [3.05, 3.63) is 30.1 Å². The van der Waals surface area contributed by atoms with Gasteiger partial charge in [-0.15, -0.1) is 0 Å². The van der Waals surface area contributed by atoms with Gasteiger partial charge in [-0.05, 0) is 32.0 Å². The Hall–Kier alpha value is -1.66. The number of rotatable bonds is 6. The molecule has 0 aliphatic carbocycles. The molecular weight excluding hydrogens is 260 g/mol. The fraction of sp³-hybridized carbons (Fsp3) is 0.385. The maximum absolute atomic E-state index is 5.62. The second kappa shape index (κ2) is 6.49. The summed E-state index contributed by atoms with van der Waals surface area (Å²) in [5.41, 5.74) is 6.61. The number of aryl methyl sites for hydroxylation is 1. The first-order valence-corrected chi connectivity index (χ1v) is 6.94. The molecule has 5 nitrogen and oxygen atoms in total. The Balaban J connectivity index is 2.36. The van der Waals surface area contributed by atoms with Gasteiger partial charge in [0.1, 0.15) is 11.6 Å². The lowest BCUT2D eigenvalue weighted by atomic mass is 10.2. The quantitative estimate of drug-likeness (QED) is 0.878. The van der Waals surface area contributed by atoms with Crippen LogP contribution in [0.25, 0.3) is 0 Å². The van der Waals surface area contributed by atoms with Gasteiger partial charge in [-0.25, -0.2) is 4.98 Å². The molecule has 0 bridgehead atoms. The molecule has 0 atom stereocenters. The van der Waals surface area contributed by atoms with E-state index in [0.29, 0.717) is 6.54 Å². The third-order valence-corrected chi connectivity index (χ3v) is 3.54. The van der Waals surface area contributed by atoms with Gasteiger partial charge >= 0.3 is 0 Å². The van der Waals surface area contributed by atoms with Crippen molar-refractivity contribution in [3.63, 3.8) is 0 Å². The highest BCUT2D eigenvalue weighted by atomic mass is 32.1. The van der Waals surface area contributed by atoms with E-state index in [1.807, 2.05) is 31.2 Å². The molecule has 0 fully saturated rings. The number of hydrogen-bond donors (Lipinski definition) is 1. The summed E-state index contributed by atoms with van der Waals surface area (Å²) in [4.78, 5) is 6.56. The molecule has 2 rings (SSSR count). The number of nitrogens with zero attached hydrogens (tertiary/aromatic N) is 3. The van der Waals surface area contributed by atoms with Crippen LogP contribution in [0, 0.1) is 6.92 Å². The molecule has 1 aromatic carbocycles. The SMILES string of the molecule is COc1ccccc1N(CCCN)c1nc(C)ns1. The monoisotopic (exact) mass is 278 g/mol. The first-order chi connectivity index (χ1) is 9.26. The molecule has 0 saturated heterocycles. The molecule has 0 amide bonds. The average molecular weight is 278 g/mol. The summed E-state index contributed by atoms with van der Waals surface area (Å²) in [5.74, 6) is 1.61. The Bertz CT molecular complexity index is 529. The fourth-order valence-corrected chi connectivity index (χ4v) is 2.53. The number of ether oxygens (including phenoxy) is 1. The van der Waals surface area contributed by atoms with Gasteiger partial charge in [-0.3, -0.25) is 0 Å². The third kappa shape index (κ3) is 3.21. The molecule has 0 radical (unpaired) electrons. The van der Waals surface area contributed by atoms with Gasteiger partial charge < -0.3 is 15.4 Å². The van der Waals surface area contributed by atoms with Crippen LogP contribution in [-0.4, -0.2) is 29.6 Å². The Labute approximate surface area is 117 Å². The van der Waals surface area contributed by atoms with Gasteiger partial charge in [0.15, 0.2) is 0 Å². The largest absolute Gasteiger partial charge is 0.495 e. The number of anilines is 2. The van der Waals surface area contributed by atoms with E-state index in [1.165, 1.54) is 11.5 Å². The van der Waals surface area contributed by atoms with Crippen molar-refractivity contribution < 1.29 is 4.74 Å².